The van der Waals surface area contributed by atoms with E-state index in [9.17, 15) is 0 Å². The van der Waals surface area contributed by atoms with Crippen molar-refractivity contribution in [2.75, 3.05) is 13.6 Å². The highest BCUT2D eigenvalue weighted by Gasteiger charge is 2.26. The summed E-state index contributed by atoms with van der Waals surface area (Å²) in [6, 6.07) is 5.17. The average Bonchev–Trinajstić information content (AvgIpc) is 2.41. The minimum absolute atomic E-state index is 0.325. The predicted octanol–water partition coefficient (Wildman–Crippen LogP) is 2.59. The third-order valence-corrected chi connectivity index (χ3v) is 4.37. The average molecular weight is 247 g/mol. The van der Waals surface area contributed by atoms with Crippen LogP contribution in [0.15, 0.2) is 24.5 Å². The number of nitrogens with two attached hydrogens (primary N) is 1. The lowest BCUT2D eigenvalue weighted by Gasteiger charge is -2.38. The van der Waals surface area contributed by atoms with Gasteiger partial charge in [-0.25, -0.2) is 0 Å². The first kappa shape index (κ1) is 13.5. The molecule has 0 aromatic carbocycles. The second-order valence-electron chi connectivity index (χ2n) is 5.61. The Morgan fingerprint density at radius 3 is 2.44 bits per heavy atom. The van der Waals surface area contributed by atoms with Crippen molar-refractivity contribution >= 4 is 0 Å². The number of hydrogen-bond acceptors (Lipinski definition) is 3. The van der Waals surface area contributed by atoms with Crippen LogP contribution in [0, 0.1) is 5.92 Å². The summed E-state index contributed by atoms with van der Waals surface area (Å²) in [7, 11) is 2.22. The van der Waals surface area contributed by atoms with Gasteiger partial charge in [0.05, 0.1) is 0 Å². The fourth-order valence-electron chi connectivity index (χ4n) is 3.03. The van der Waals surface area contributed by atoms with E-state index < -0.39 is 0 Å². The van der Waals surface area contributed by atoms with E-state index in [1.807, 2.05) is 12.4 Å². The maximum absolute atomic E-state index is 5.98. The van der Waals surface area contributed by atoms with Gasteiger partial charge < -0.3 is 5.73 Å². The fraction of sp³-hybridized carbons (Fsp3) is 0.667. The van der Waals surface area contributed by atoms with Crippen molar-refractivity contribution in [2.45, 2.75) is 44.7 Å². The Morgan fingerprint density at radius 1 is 1.28 bits per heavy atom. The van der Waals surface area contributed by atoms with Gasteiger partial charge in [-0.05, 0) is 56.3 Å². The lowest BCUT2D eigenvalue weighted by molar-refractivity contribution is 0.126. The molecule has 0 bridgehead atoms. The highest BCUT2D eigenvalue weighted by atomic mass is 15.2. The van der Waals surface area contributed by atoms with Crippen molar-refractivity contribution in [3.05, 3.63) is 30.1 Å². The minimum Gasteiger partial charge on any atom is -0.329 e. The van der Waals surface area contributed by atoms with Crippen LogP contribution in [0.4, 0.5) is 0 Å². The molecule has 1 fully saturated rings. The molecule has 1 atom stereocenters. The van der Waals surface area contributed by atoms with Crippen molar-refractivity contribution in [3.8, 4) is 0 Å². The Hall–Kier alpha value is -0.930. The van der Waals surface area contributed by atoms with E-state index in [2.05, 4.69) is 36.0 Å². The smallest absolute Gasteiger partial charge is 0.0471 e. The Bertz CT molecular complexity index is 344. The molecule has 100 valence electrons. The van der Waals surface area contributed by atoms with Crippen LogP contribution >= 0.6 is 0 Å². The van der Waals surface area contributed by atoms with Gasteiger partial charge in [-0.2, -0.15) is 0 Å². The Morgan fingerprint density at radius 2 is 1.89 bits per heavy atom. The molecule has 3 heteroatoms. The van der Waals surface area contributed by atoms with Crippen LogP contribution in [0.5, 0.6) is 0 Å². The summed E-state index contributed by atoms with van der Waals surface area (Å²) in [5.74, 6) is 0.895. The van der Waals surface area contributed by atoms with Gasteiger partial charge in [-0.1, -0.05) is 6.92 Å². The zero-order valence-electron chi connectivity index (χ0n) is 11.5. The summed E-state index contributed by atoms with van der Waals surface area (Å²) in [6.45, 7) is 3.03. The minimum atomic E-state index is 0.325. The number of pyridine rings is 1. The quantitative estimate of drug-likeness (QED) is 0.889. The SMILES string of the molecule is CC1CCC(N(C)C(CN)c2ccncc2)CC1. The number of rotatable bonds is 4. The molecule has 18 heavy (non-hydrogen) atoms. The lowest BCUT2D eigenvalue weighted by Crippen LogP contribution is -2.40. The van der Waals surface area contributed by atoms with Gasteiger partial charge in [-0.3, -0.25) is 9.88 Å². The molecule has 2 N–H and O–H groups in total. The first-order valence-corrected chi connectivity index (χ1v) is 7.04. The molecule has 1 heterocycles. The van der Waals surface area contributed by atoms with Crippen LogP contribution in [-0.4, -0.2) is 29.5 Å². The summed E-state index contributed by atoms with van der Waals surface area (Å²) in [5.41, 5.74) is 7.26. The van der Waals surface area contributed by atoms with Gasteiger partial charge >= 0.3 is 0 Å². The van der Waals surface area contributed by atoms with Crippen LogP contribution in [-0.2, 0) is 0 Å². The molecule has 1 saturated carbocycles. The van der Waals surface area contributed by atoms with E-state index in [4.69, 9.17) is 5.73 Å². The van der Waals surface area contributed by atoms with Gasteiger partial charge in [0.25, 0.3) is 0 Å². The van der Waals surface area contributed by atoms with Crippen LogP contribution in [0.3, 0.4) is 0 Å². The maximum atomic E-state index is 5.98. The molecule has 0 aliphatic heterocycles. The van der Waals surface area contributed by atoms with E-state index >= 15 is 0 Å². The van der Waals surface area contributed by atoms with E-state index in [1.54, 1.807) is 0 Å². The zero-order valence-corrected chi connectivity index (χ0v) is 11.5. The first-order valence-electron chi connectivity index (χ1n) is 7.04. The van der Waals surface area contributed by atoms with Crippen LogP contribution in [0.25, 0.3) is 0 Å². The van der Waals surface area contributed by atoms with E-state index in [0.717, 1.165) is 5.92 Å². The molecule has 1 aliphatic carbocycles. The first-order chi connectivity index (χ1) is 8.72. The standard InChI is InChI=1S/C15H25N3/c1-12-3-5-14(6-4-12)18(2)15(11-16)13-7-9-17-10-8-13/h7-10,12,14-15H,3-6,11,16H2,1-2H3. The van der Waals surface area contributed by atoms with Crippen LogP contribution < -0.4 is 5.73 Å². The molecule has 1 aliphatic rings. The normalized spacial score (nSPS) is 26.2. The highest BCUT2D eigenvalue weighted by molar-refractivity contribution is 5.15. The summed E-state index contributed by atoms with van der Waals surface area (Å²) in [5, 5.41) is 0. The predicted molar refractivity (Wildman–Crippen MR) is 75.2 cm³/mol. The number of nitrogens with zero attached hydrogens (tertiary/aromatic N) is 2. The number of likely N-dealkylation sites (N-methyl/N-ethyl adjacent to an activating group) is 1. The molecule has 2 rings (SSSR count). The molecule has 1 unspecified atom stereocenters. The van der Waals surface area contributed by atoms with E-state index in [0.29, 0.717) is 18.6 Å². The molecular weight excluding hydrogens is 222 g/mol. The van der Waals surface area contributed by atoms with E-state index in [-0.39, 0.29) is 0 Å². The summed E-state index contributed by atoms with van der Waals surface area (Å²) in [6.07, 6.45) is 9.02. The van der Waals surface area contributed by atoms with E-state index in [1.165, 1.54) is 31.2 Å². The van der Waals surface area contributed by atoms with Crippen molar-refractivity contribution in [2.24, 2.45) is 11.7 Å². The summed E-state index contributed by atoms with van der Waals surface area (Å²) >= 11 is 0. The second-order valence-corrected chi connectivity index (χ2v) is 5.61. The van der Waals surface area contributed by atoms with Gasteiger partial charge in [0.1, 0.15) is 0 Å². The molecule has 0 saturated heterocycles. The Labute approximate surface area is 110 Å². The zero-order chi connectivity index (χ0) is 13.0. The Balaban J connectivity index is 2.04. The van der Waals surface area contributed by atoms with Crippen molar-refractivity contribution in [3.63, 3.8) is 0 Å². The fourth-order valence-corrected chi connectivity index (χ4v) is 3.03. The van der Waals surface area contributed by atoms with Crippen molar-refractivity contribution in [1.29, 1.82) is 0 Å². The number of hydrogen-bond donors (Lipinski definition) is 1. The summed E-state index contributed by atoms with van der Waals surface area (Å²) in [4.78, 5) is 6.56. The highest BCUT2D eigenvalue weighted by Crippen LogP contribution is 2.30. The van der Waals surface area contributed by atoms with Gasteiger partial charge in [-0.15, -0.1) is 0 Å². The molecular formula is C15H25N3. The summed E-state index contributed by atoms with van der Waals surface area (Å²) < 4.78 is 0. The third-order valence-electron chi connectivity index (χ3n) is 4.37. The molecule has 1 aromatic rings. The maximum Gasteiger partial charge on any atom is 0.0471 e. The number of aromatic nitrogens is 1. The molecule has 1 aromatic heterocycles. The van der Waals surface area contributed by atoms with Crippen LogP contribution in [0.1, 0.15) is 44.2 Å². The lowest BCUT2D eigenvalue weighted by atomic mass is 9.86. The molecule has 3 nitrogen and oxygen atoms in total. The molecule has 0 radical (unpaired) electrons. The molecule has 0 amide bonds. The van der Waals surface area contributed by atoms with Crippen LogP contribution in [0.2, 0.25) is 0 Å². The third kappa shape index (κ3) is 3.09. The second kappa shape index (κ2) is 6.30. The molecule has 0 spiro atoms. The topological polar surface area (TPSA) is 42.1 Å². The Kier molecular flexibility index (Phi) is 4.72. The van der Waals surface area contributed by atoms with Crippen molar-refractivity contribution in [1.82, 2.24) is 9.88 Å². The van der Waals surface area contributed by atoms with Crippen molar-refractivity contribution < 1.29 is 0 Å². The monoisotopic (exact) mass is 247 g/mol. The largest absolute Gasteiger partial charge is 0.329 e. The van der Waals surface area contributed by atoms with Gasteiger partial charge in [0, 0.05) is 31.0 Å². The van der Waals surface area contributed by atoms with Gasteiger partial charge in [0.15, 0.2) is 0 Å². The van der Waals surface area contributed by atoms with Gasteiger partial charge in [0.2, 0.25) is 0 Å².